The number of thiophene rings is 1. The maximum Gasteiger partial charge on any atom is 0.283 e. The van der Waals surface area contributed by atoms with Crippen LogP contribution in [0.15, 0.2) is 47.6 Å². The molecule has 0 saturated carbocycles. The average Bonchev–Trinajstić information content (AvgIpc) is 2.98. The molecule has 0 saturated heterocycles. The van der Waals surface area contributed by atoms with E-state index in [4.69, 9.17) is 16.3 Å². The topological polar surface area (TPSA) is 93.8 Å². The molecule has 3 rings (SSSR count). The van der Waals surface area contributed by atoms with Crippen molar-refractivity contribution >= 4 is 50.8 Å². The van der Waals surface area contributed by atoms with Crippen molar-refractivity contribution in [3.05, 3.63) is 68.0 Å². The van der Waals surface area contributed by atoms with Crippen molar-refractivity contribution in [2.45, 2.75) is 0 Å². The molecule has 0 spiro atoms. The summed E-state index contributed by atoms with van der Waals surface area (Å²) in [4.78, 5) is 22.9. The van der Waals surface area contributed by atoms with Crippen LogP contribution < -0.4 is 10.2 Å². The Morgan fingerprint density at radius 2 is 2.04 bits per heavy atom. The molecule has 132 valence electrons. The molecule has 1 heterocycles. The van der Waals surface area contributed by atoms with Gasteiger partial charge in [-0.2, -0.15) is 5.10 Å². The van der Waals surface area contributed by atoms with Gasteiger partial charge in [-0.3, -0.25) is 14.9 Å². The maximum atomic E-state index is 12.3. The summed E-state index contributed by atoms with van der Waals surface area (Å²) in [7, 11) is 1.58. The largest absolute Gasteiger partial charge is 0.497 e. The second-order valence-corrected chi connectivity index (χ2v) is 6.59. The first-order valence-corrected chi connectivity index (χ1v) is 8.53. The van der Waals surface area contributed by atoms with Crippen molar-refractivity contribution in [3.63, 3.8) is 0 Å². The normalized spacial score (nSPS) is 11.0. The van der Waals surface area contributed by atoms with Gasteiger partial charge in [-0.1, -0.05) is 11.6 Å². The summed E-state index contributed by atoms with van der Waals surface area (Å²) in [6.07, 6.45) is 1.49. The highest BCUT2D eigenvalue weighted by atomic mass is 35.5. The fraction of sp³-hybridized carbons (Fsp3) is 0.0588. The van der Waals surface area contributed by atoms with Crippen LogP contribution in [0.3, 0.4) is 0 Å². The first-order chi connectivity index (χ1) is 12.5. The molecule has 2 aromatic carbocycles. The van der Waals surface area contributed by atoms with E-state index in [9.17, 15) is 14.9 Å². The minimum Gasteiger partial charge on any atom is -0.497 e. The number of benzene rings is 2. The molecule has 3 aromatic rings. The lowest BCUT2D eigenvalue weighted by molar-refractivity contribution is -0.384. The smallest absolute Gasteiger partial charge is 0.283 e. The van der Waals surface area contributed by atoms with E-state index in [-0.39, 0.29) is 15.6 Å². The molecule has 1 amide bonds. The lowest BCUT2D eigenvalue weighted by Crippen LogP contribution is -2.16. The number of nitro benzene ring substituents is 1. The summed E-state index contributed by atoms with van der Waals surface area (Å²) in [6, 6.07) is 11.4. The SMILES string of the molecule is COc1ccc(C=NNC(=O)c2sc3cc([N+](=O)[O-])ccc3c2Cl)cc1. The van der Waals surface area contributed by atoms with Crippen LogP contribution in [0.2, 0.25) is 5.02 Å². The van der Waals surface area contributed by atoms with Crippen LogP contribution in [0.25, 0.3) is 10.1 Å². The summed E-state index contributed by atoms with van der Waals surface area (Å²) < 4.78 is 5.63. The molecule has 0 fully saturated rings. The molecule has 0 aliphatic heterocycles. The summed E-state index contributed by atoms with van der Waals surface area (Å²) in [5.41, 5.74) is 3.13. The van der Waals surface area contributed by atoms with E-state index < -0.39 is 10.8 Å². The van der Waals surface area contributed by atoms with Gasteiger partial charge in [-0.15, -0.1) is 11.3 Å². The molecule has 0 aliphatic rings. The number of non-ortho nitro benzene ring substituents is 1. The van der Waals surface area contributed by atoms with Gasteiger partial charge in [0, 0.05) is 22.2 Å². The van der Waals surface area contributed by atoms with Gasteiger partial charge in [-0.05, 0) is 35.9 Å². The number of nitrogens with one attached hydrogen (secondary N) is 1. The summed E-state index contributed by atoms with van der Waals surface area (Å²) in [6.45, 7) is 0. The fourth-order valence-corrected chi connectivity index (χ4v) is 3.66. The summed E-state index contributed by atoms with van der Waals surface area (Å²) in [5, 5.41) is 15.6. The Labute approximate surface area is 157 Å². The predicted molar refractivity (Wildman–Crippen MR) is 102 cm³/mol. The van der Waals surface area contributed by atoms with Crippen LogP contribution in [0.5, 0.6) is 5.75 Å². The second kappa shape index (κ2) is 7.51. The number of fused-ring (bicyclic) bond motifs is 1. The molecule has 1 N–H and O–H groups in total. The van der Waals surface area contributed by atoms with Crippen molar-refractivity contribution in [1.82, 2.24) is 5.43 Å². The number of carbonyl (C=O) groups excluding carboxylic acids is 1. The van der Waals surface area contributed by atoms with Gasteiger partial charge < -0.3 is 4.74 Å². The van der Waals surface area contributed by atoms with Crippen molar-refractivity contribution in [2.75, 3.05) is 7.11 Å². The fourth-order valence-electron chi connectivity index (χ4n) is 2.22. The third-order valence-electron chi connectivity index (χ3n) is 3.53. The molecule has 0 radical (unpaired) electrons. The molecule has 0 bridgehead atoms. The predicted octanol–water partition coefficient (Wildman–Crippen LogP) is 4.24. The quantitative estimate of drug-likeness (QED) is 0.401. The Bertz CT molecular complexity index is 1010. The van der Waals surface area contributed by atoms with E-state index in [0.29, 0.717) is 10.1 Å². The van der Waals surface area contributed by atoms with E-state index in [1.54, 1.807) is 31.4 Å². The zero-order chi connectivity index (χ0) is 18.7. The van der Waals surface area contributed by atoms with Gasteiger partial charge in [0.2, 0.25) is 0 Å². The van der Waals surface area contributed by atoms with Gasteiger partial charge >= 0.3 is 0 Å². The highest BCUT2D eigenvalue weighted by molar-refractivity contribution is 7.21. The molecule has 7 nitrogen and oxygen atoms in total. The van der Waals surface area contributed by atoms with Gasteiger partial charge in [0.1, 0.15) is 10.6 Å². The number of amides is 1. The maximum absolute atomic E-state index is 12.3. The molecule has 0 atom stereocenters. The Morgan fingerprint density at radius 3 is 2.69 bits per heavy atom. The number of hydrogen-bond donors (Lipinski definition) is 1. The second-order valence-electron chi connectivity index (χ2n) is 5.16. The van der Waals surface area contributed by atoms with E-state index in [1.807, 2.05) is 0 Å². The van der Waals surface area contributed by atoms with Crippen LogP contribution in [0.1, 0.15) is 15.2 Å². The highest BCUT2D eigenvalue weighted by Crippen LogP contribution is 2.37. The van der Waals surface area contributed by atoms with Crippen molar-refractivity contribution < 1.29 is 14.5 Å². The van der Waals surface area contributed by atoms with E-state index in [2.05, 4.69) is 10.5 Å². The third kappa shape index (κ3) is 3.66. The van der Waals surface area contributed by atoms with E-state index in [0.717, 1.165) is 22.6 Å². The minimum absolute atomic E-state index is 0.0556. The number of hydrazone groups is 1. The van der Waals surface area contributed by atoms with Crippen LogP contribution >= 0.6 is 22.9 Å². The number of carbonyl (C=O) groups is 1. The highest BCUT2D eigenvalue weighted by Gasteiger charge is 2.18. The Hall–Kier alpha value is -2.97. The van der Waals surface area contributed by atoms with Crippen LogP contribution in [0.4, 0.5) is 5.69 Å². The third-order valence-corrected chi connectivity index (χ3v) is 5.18. The number of methoxy groups -OCH3 is 1. The standard InChI is InChI=1S/C17H12ClN3O4S/c1-25-12-5-2-10(3-6-12)9-19-20-17(22)16-15(18)13-7-4-11(21(23)24)8-14(13)26-16/h2-9H,1H3,(H,20,22). The first-order valence-electron chi connectivity index (χ1n) is 7.33. The molecule has 1 aromatic heterocycles. The van der Waals surface area contributed by atoms with Gasteiger partial charge in [-0.25, -0.2) is 5.43 Å². The molecule has 9 heteroatoms. The lowest BCUT2D eigenvalue weighted by Gasteiger charge is -1.99. The van der Waals surface area contributed by atoms with E-state index >= 15 is 0 Å². The number of hydrogen-bond acceptors (Lipinski definition) is 6. The van der Waals surface area contributed by atoms with Crippen LogP contribution in [-0.4, -0.2) is 24.2 Å². The molecular formula is C17H12ClN3O4S. The monoisotopic (exact) mass is 389 g/mol. The average molecular weight is 390 g/mol. The lowest BCUT2D eigenvalue weighted by atomic mass is 10.2. The number of halogens is 1. The zero-order valence-electron chi connectivity index (χ0n) is 13.4. The van der Waals surface area contributed by atoms with Crippen LogP contribution in [-0.2, 0) is 0 Å². The van der Waals surface area contributed by atoms with E-state index in [1.165, 1.54) is 24.4 Å². The van der Waals surface area contributed by atoms with Gasteiger partial charge in [0.15, 0.2) is 0 Å². The Balaban J connectivity index is 1.77. The minimum atomic E-state index is -0.494. The van der Waals surface area contributed by atoms with Crippen molar-refractivity contribution in [3.8, 4) is 5.75 Å². The van der Waals surface area contributed by atoms with Gasteiger partial charge in [0.25, 0.3) is 11.6 Å². The molecular weight excluding hydrogens is 378 g/mol. The number of nitro groups is 1. The van der Waals surface area contributed by atoms with Crippen LogP contribution in [0, 0.1) is 10.1 Å². The summed E-state index contributed by atoms with van der Waals surface area (Å²) in [5.74, 6) is 0.237. The molecule has 0 aliphatic carbocycles. The van der Waals surface area contributed by atoms with Crippen molar-refractivity contribution in [1.29, 1.82) is 0 Å². The van der Waals surface area contributed by atoms with Gasteiger partial charge in [0.05, 0.1) is 23.3 Å². The molecule has 0 unspecified atom stereocenters. The Kier molecular flexibility index (Phi) is 5.15. The first kappa shape index (κ1) is 17.8. The molecule has 26 heavy (non-hydrogen) atoms. The number of rotatable bonds is 5. The van der Waals surface area contributed by atoms with Crippen molar-refractivity contribution in [2.24, 2.45) is 5.10 Å². The Morgan fingerprint density at radius 1 is 1.31 bits per heavy atom. The zero-order valence-corrected chi connectivity index (χ0v) is 15.0. The number of nitrogens with zero attached hydrogens (tertiary/aromatic N) is 2. The summed E-state index contributed by atoms with van der Waals surface area (Å²) >= 11 is 7.30. The number of ether oxygens (including phenoxy) is 1.